The highest BCUT2D eigenvalue weighted by molar-refractivity contribution is 7.26. The van der Waals surface area contributed by atoms with E-state index in [9.17, 15) is 0 Å². The van der Waals surface area contributed by atoms with Gasteiger partial charge in [0.1, 0.15) is 15.0 Å². The minimum Gasteiger partial charge on any atom is -0.477 e. The van der Waals surface area contributed by atoms with Crippen LogP contribution in [0.5, 0.6) is 5.88 Å². The fourth-order valence-electron chi connectivity index (χ4n) is 3.70. The standard InChI is InChI=1S/C19H16ClN3OS2.C2H6/c1-2-24-17-16-15(22-19(20)23-17)14-13(12-8-5-9-25-12)10-6-3-4-7-11(10)21-18(14)26-16;1-2/h5,8-9H,2-4,6-7H2,1H3;1-2H3. The van der Waals surface area contributed by atoms with Crippen LogP contribution in [0, 0.1) is 0 Å². The van der Waals surface area contributed by atoms with Crippen molar-refractivity contribution in [2.24, 2.45) is 0 Å². The van der Waals surface area contributed by atoms with Crippen molar-refractivity contribution in [1.29, 1.82) is 0 Å². The van der Waals surface area contributed by atoms with Crippen LogP contribution in [-0.4, -0.2) is 21.6 Å². The highest BCUT2D eigenvalue weighted by Crippen LogP contribution is 2.46. The van der Waals surface area contributed by atoms with Crippen LogP contribution in [0.15, 0.2) is 17.5 Å². The molecular formula is C21H22ClN3OS2. The van der Waals surface area contributed by atoms with Crippen LogP contribution in [0.4, 0.5) is 0 Å². The predicted octanol–water partition coefficient (Wildman–Crippen LogP) is 6.93. The molecule has 0 saturated carbocycles. The summed E-state index contributed by atoms with van der Waals surface area (Å²) in [5.41, 5.74) is 4.75. The number of aromatic nitrogens is 3. The highest BCUT2D eigenvalue weighted by Gasteiger charge is 2.25. The summed E-state index contributed by atoms with van der Waals surface area (Å²) in [5, 5.41) is 3.44. The van der Waals surface area contributed by atoms with Crippen molar-refractivity contribution >= 4 is 54.7 Å². The summed E-state index contributed by atoms with van der Waals surface area (Å²) in [4.78, 5) is 16.1. The Morgan fingerprint density at radius 1 is 1.14 bits per heavy atom. The second-order valence-electron chi connectivity index (χ2n) is 6.29. The van der Waals surface area contributed by atoms with E-state index in [4.69, 9.17) is 21.3 Å². The zero-order valence-electron chi connectivity index (χ0n) is 16.2. The minimum absolute atomic E-state index is 0.218. The van der Waals surface area contributed by atoms with Gasteiger partial charge in [0.2, 0.25) is 11.2 Å². The first-order valence-electron chi connectivity index (χ1n) is 9.74. The van der Waals surface area contributed by atoms with Gasteiger partial charge in [0.25, 0.3) is 0 Å². The maximum atomic E-state index is 6.22. The van der Waals surface area contributed by atoms with Gasteiger partial charge >= 0.3 is 0 Å². The van der Waals surface area contributed by atoms with Gasteiger partial charge in [-0.3, -0.25) is 0 Å². The number of pyridine rings is 1. The van der Waals surface area contributed by atoms with Gasteiger partial charge in [-0.25, -0.2) is 9.97 Å². The van der Waals surface area contributed by atoms with Crippen molar-refractivity contribution in [1.82, 2.24) is 15.0 Å². The summed E-state index contributed by atoms with van der Waals surface area (Å²) in [6, 6.07) is 4.29. The van der Waals surface area contributed by atoms with Gasteiger partial charge in [-0.15, -0.1) is 22.7 Å². The molecule has 146 valence electrons. The summed E-state index contributed by atoms with van der Waals surface area (Å²) in [5.74, 6) is 0.556. The second-order valence-corrected chi connectivity index (χ2v) is 8.57. The molecule has 28 heavy (non-hydrogen) atoms. The summed E-state index contributed by atoms with van der Waals surface area (Å²) >= 11 is 9.59. The number of nitrogens with zero attached hydrogens (tertiary/aromatic N) is 3. The largest absolute Gasteiger partial charge is 0.477 e. The topological polar surface area (TPSA) is 47.9 Å². The van der Waals surface area contributed by atoms with Crippen molar-refractivity contribution in [3.8, 4) is 16.3 Å². The van der Waals surface area contributed by atoms with Crippen LogP contribution in [0.1, 0.15) is 44.9 Å². The van der Waals surface area contributed by atoms with E-state index in [0.29, 0.717) is 12.5 Å². The minimum atomic E-state index is 0.218. The zero-order chi connectivity index (χ0) is 19.7. The van der Waals surface area contributed by atoms with Gasteiger partial charge in [0.15, 0.2) is 0 Å². The Hall–Kier alpha value is -1.76. The molecule has 0 radical (unpaired) electrons. The van der Waals surface area contributed by atoms with Crippen molar-refractivity contribution in [3.05, 3.63) is 34.1 Å². The van der Waals surface area contributed by atoms with Gasteiger partial charge in [0, 0.05) is 21.5 Å². The summed E-state index contributed by atoms with van der Waals surface area (Å²) < 4.78 is 6.66. The molecule has 4 aromatic rings. The first-order valence-corrected chi connectivity index (χ1v) is 11.8. The molecular weight excluding hydrogens is 410 g/mol. The number of thiophene rings is 2. The van der Waals surface area contributed by atoms with Crippen LogP contribution >= 0.6 is 34.3 Å². The Bertz CT molecular complexity index is 1120. The summed E-state index contributed by atoms with van der Waals surface area (Å²) in [6.45, 7) is 6.49. The van der Waals surface area contributed by atoms with Gasteiger partial charge in [-0.2, -0.15) is 4.98 Å². The first-order chi connectivity index (χ1) is 13.8. The maximum Gasteiger partial charge on any atom is 0.236 e. The van der Waals surface area contributed by atoms with E-state index >= 15 is 0 Å². The third kappa shape index (κ3) is 3.27. The molecule has 7 heteroatoms. The molecule has 0 saturated heterocycles. The molecule has 0 N–H and O–H groups in total. The first kappa shape index (κ1) is 19.6. The van der Waals surface area contributed by atoms with Crippen LogP contribution in [0.3, 0.4) is 0 Å². The molecule has 0 bridgehead atoms. The molecule has 0 amide bonds. The lowest BCUT2D eigenvalue weighted by molar-refractivity contribution is 0.331. The van der Waals surface area contributed by atoms with Gasteiger partial charge in [-0.05, 0) is 61.2 Å². The average molecular weight is 432 g/mol. The number of aryl methyl sites for hydroxylation is 1. The molecule has 0 unspecified atom stereocenters. The third-order valence-corrected chi connectivity index (χ3v) is 6.85. The number of hydrogen-bond donors (Lipinski definition) is 0. The molecule has 0 atom stereocenters. The SMILES string of the molecule is CC.CCOc1nc(Cl)nc2c1sc1nc3c(c(-c4cccs4)c12)CCCC3. The smallest absolute Gasteiger partial charge is 0.236 e. The van der Waals surface area contributed by atoms with Gasteiger partial charge in [-0.1, -0.05) is 19.9 Å². The number of fused-ring (bicyclic) bond motifs is 4. The third-order valence-electron chi connectivity index (χ3n) is 4.73. The van der Waals surface area contributed by atoms with Crippen LogP contribution in [-0.2, 0) is 12.8 Å². The monoisotopic (exact) mass is 431 g/mol. The molecule has 0 aromatic carbocycles. The molecule has 1 aliphatic rings. The van der Waals surface area contributed by atoms with E-state index in [2.05, 4.69) is 27.5 Å². The van der Waals surface area contributed by atoms with Crippen molar-refractivity contribution < 1.29 is 4.74 Å². The molecule has 1 aliphatic carbocycles. The Morgan fingerprint density at radius 2 is 1.96 bits per heavy atom. The molecule has 0 fully saturated rings. The molecule has 4 nitrogen and oxygen atoms in total. The lowest BCUT2D eigenvalue weighted by atomic mass is 9.90. The summed E-state index contributed by atoms with van der Waals surface area (Å²) in [6.07, 6.45) is 4.53. The molecule has 5 rings (SSSR count). The summed E-state index contributed by atoms with van der Waals surface area (Å²) in [7, 11) is 0. The van der Waals surface area contributed by atoms with Crippen LogP contribution in [0.2, 0.25) is 5.28 Å². The molecule has 4 aromatic heterocycles. The number of hydrogen-bond acceptors (Lipinski definition) is 6. The lowest BCUT2D eigenvalue weighted by Gasteiger charge is -2.19. The van der Waals surface area contributed by atoms with Crippen LogP contribution < -0.4 is 4.74 Å². The van der Waals surface area contributed by atoms with Crippen molar-refractivity contribution in [2.45, 2.75) is 46.5 Å². The lowest BCUT2D eigenvalue weighted by Crippen LogP contribution is -2.07. The second kappa shape index (κ2) is 8.31. The van der Waals surface area contributed by atoms with Gasteiger partial charge in [0.05, 0.1) is 6.61 Å². The van der Waals surface area contributed by atoms with E-state index in [1.165, 1.54) is 34.5 Å². The Balaban J connectivity index is 0.000000932. The van der Waals surface area contributed by atoms with E-state index in [-0.39, 0.29) is 5.28 Å². The fourth-order valence-corrected chi connectivity index (χ4v) is 5.75. The zero-order valence-corrected chi connectivity index (χ0v) is 18.6. The number of halogens is 1. The number of ether oxygens (including phenoxy) is 1. The van der Waals surface area contributed by atoms with Crippen LogP contribution in [0.25, 0.3) is 30.9 Å². The van der Waals surface area contributed by atoms with Gasteiger partial charge < -0.3 is 4.74 Å². The predicted molar refractivity (Wildman–Crippen MR) is 120 cm³/mol. The quantitative estimate of drug-likeness (QED) is 0.330. The van der Waals surface area contributed by atoms with E-state index in [1.807, 2.05) is 20.8 Å². The Morgan fingerprint density at radius 3 is 2.71 bits per heavy atom. The van der Waals surface area contributed by atoms with E-state index < -0.39 is 0 Å². The molecule has 0 spiro atoms. The normalized spacial score (nSPS) is 13.3. The molecule has 4 heterocycles. The Labute approximate surface area is 177 Å². The fraction of sp³-hybridized carbons (Fsp3) is 0.381. The van der Waals surface area contributed by atoms with E-state index in [0.717, 1.165) is 33.3 Å². The molecule has 0 aliphatic heterocycles. The van der Waals surface area contributed by atoms with Crippen molar-refractivity contribution in [3.63, 3.8) is 0 Å². The maximum absolute atomic E-state index is 6.22. The average Bonchev–Trinajstić information content (AvgIpc) is 3.36. The number of rotatable bonds is 3. The van der Waals surface area contributed by atoms with E-state index in [1.54, 1.807) is 22.7 Å². The Kier molecular flexibility index (Phi) is 5.80. The van der Waals surface area contributed by atoms with Crippen molar-refractivity contribution in [2.75, 3.05) is 6.61 Å². The highest BCUT2D eigenvalue weighted by atomic mass is 35.5.